The maximum atomic E-state index is 13.9. The van der Waals surface area contributed by atoms with E-state index in [0.717, 1.165) is 16.7 Å². The summed E-state index contributed by atoms with van der Waals surface area (Å²) in [5.41, 5.74) is 13.9. The molecule has 1 aliphatic heterocycles. The summed E-state index contributed by atoms with van der Waals surface area (Å²) in [6.07, 6.45) is 0.899. The predicted octanol–water partition coefficient (Wildman–Crippen LogP) is 1.06. The third-order valence-corrected chi connectivity index (χ3v) is 11.9. The summed E-state index contributed by atoms with van der Waals surface area (Å²) in [6.45, 7) is 17.2. The van der Waals surface area contributed by atoms with Crippen molar-refractivity contribution in [1.29, 1.82) is 0 Å². The van der Waals surface area contributed by atoms with Crippen LogP contribution in [0.2, 0.25) is 0 Å². The van der Waals surface area contributed by atoms with Gasteiger partial charge in [-0.1, -0.05) is 44.2 Å². The summed E-state index contributed by atoms with van der Waals surface area (Å²) in [5, 5.41) is 13.2. The van der Waals surface area contributed by atoms with Gasteiger partial charge in [0.15, 0.2) is 0 Å². The first-order valence-electron chi connectivity index (χ1n) is 20.7. The van der Waals surface area contributed by atoms with E-state index < -0.39 is 87.4 Å². The SMILES string of the molecule is CNC(=O)C(Cc1ccccc1)NC(=O)C(COC(C)(C)C)NC(=O)C(NC(=O)C(CCCN=C(N)NS(=O)(=O)c1c(C)c(C)c2c(c1C)CC(C)(C)O2)NC(=O)CN)C(C)C. The number of sulfonamides is 1. The highest BCUT2D eigenvalue weighted by molar-refractivity contribution is 7.90. The van der Waals surface area contributed by atoms with E-state index in [0.29, 0.717) is 23.3 Å². The molecule has 18 nitrogen and oxygen atoms in total. The predicted molar refractivity (Wildman–Crippen MR) is 237 cm³/mol. The zero-order chi connectivity index (χ0) is 46.7. The maximum Gasteiger partial charge on any atom is 0.264 e. The molecule has 0 radical (unpaired) electrons. The minimum atomic E-state index is -4.15. The fraction of sp³-hybridized carbons (Fsp3) is 0.581. The molecular formula is C43H67N9O9S. The number of amides is 5. The van der Waals surface area contributed by atoms with E-state index in [1.165, 1.54) is 7.05 Å². The van der Waals surface area contributed by atoms with Gasteiger partial charge in [0, 0.05) is 32.0 Å². The zero-order valence-electron chi connectivity index (χ0n) is 37.9. The van der Waals surface area contributed by atoms with Crippen LogP contribution in [0.4, 0.5) is 0 Å². The number of aliphatic imine (C=N–C) groups is 1. The van der Waals surface area contributed by atoms with Gasteiger partial charge in [0.1, 0.15) is 35.5 Å². The van der Waals surface area contributed by atoms with E-state index >= 15 is 0 Å². The maximum absolute atomic E-state index is 13.9. The lowest BCUT2D eigenvalue weighted by atomic mass is 9.94. The van der Waals surface area contributed by atoms with Crippen LogP contribution in [0.25, 0.3) is 0 Å². The molecule has 1 heterocycles. The van der Waals surface area contributed by atoms with E-state index in [-0.39, 0.29) is 43.3 Å². The number of carbonyl (C=O) groups excluding carboxylic acids is 5. The standard InChI is InChI=1S/C43H67N9O9S/c1-24(2)34(40(57)50-32(23-60-42(6,7)8)39(56)49-31(37(54)46-11)20-28-16-13-12-14-17-28)51-38(55)30(48-33(53)22-44)18-15-19-47-41(45)52-62(58,59)36-26(4)25(3)35-29(27(36)5)21-43(9,10)61-35/h12-14,16-17,24,30-32,34H,15,18-23,44H2,1-11H3,(H,46,54)(H,48,53)(H,49,56)(H,50,57)(H,51,55)(H3,45,47,52). The minimum absolute atomic E-state index is 0.0122. The van der Waals surface area contributed by atoms with Crippen molar-refractivity contribution in [3.63, 3.8) is 0 Å². The Morgan fingerprint density at radius 2 is 1.48 bits per heavy atom. The lowest BCUT2D eigenvalue weighted by Gasteiger charge is -2.29. The summed E-state index contributed by atoms with van der Waals surface area (Å²) in [6, 6.07) is 4.53. The van der Waals surface area contributed by atoms with E-state index in [2.05, 4.69) is 36.3 Å². The molecule has 0 aliphatic carbocycles. The second-order valence-electron chi connectivity index (χ2n) is 17.5. The Kier molecular flexibility index (Phi) is 17.9. The summed E-state index contributed by atoms with van der Waals surface area (Å²) < 4.78 is 41.6. The van der Waals surface area contributed by atoms with Crippen LogP contribution in [0.15, 0.2) is 40.2 Å². The Morgan fingerprint density at radius 1 is 0.871 bits per heavy atom. The van der Waals surface area contributed by atoms with Crippen molar-refractivity contribution in [3.05, 3.63) is 58.1 Å². The fourth-order valence-electron chi connectivity index (χ4n) is 6.96. The number of hydrogen-bond donors (Lipinski definition) is 8. The molecule has 2 aromatic rings. The van der Waals surface area contributed by atoms with Gasteiger partial charge in [-0.2, -0.15) is 0 Å². The summed E-state index contributed by atoms with van der Waals surface area (Å²) in [7, 11) is -2.70. The van der Waals surface area contributed by atoms with E-state index in [9.17, 15) is 32.4 Å². The topological polar surface area (TPSA) is 275 Å². The molecule has 4 atom stereocenters. The normalized spacial score (nSPS) is 15.6. The number of rotatable bonds is 20. The smallest absolute Gasteiger partial charge is 0.264 e. The molecule has 62 heavy (non-hydrogen) atoms. The van der Waals surface area contributed by atoms with Crippen LogP contribution in [-0.4, -0.2) is 106 Å². The molecular weight excluding hydrogens is 819 g/mol. The monoisotopic (exact) mass is 885 g/mol. The van der Waals surface area contributed by atoms with Crippen LogP contribution in [0.3, 0.4) is 0 Å². The Morgan fingerprint density at radius 3 is 2.06 bits per heavy atom. The van der Waals surface area contributed by atoms with Crippen molar-refractivity contribution >= 4 is 45.5 Å². The van der Waals surface area contributed by atoms with Crippen LogP contribution < -0.4 is 47.5 Å². The number of nitrogens with zero attached hydrogens (tertiary/aromatic N) is 1. The van der Waals surface area contributed by atoms with E-state index in [4.69, 9.17) is 20.9 Å². The summed E-state index contributed by atoms with van der Waals surface area (Å²) >= 11 is 0. The number of ether oxygens (including phenoxy) is 2. The largest absolute Gasteiger partial charge is 0.487 e. The lowest BCUT2D eigenvalue weighted by Crippen LogP contribution is -2.60. The highest BCUT2D eigenvalue weighted by atomic mass is 32.2. The number of hydrogen-bond acceptors (Lipinski definition) is 11. The molecule has 4 unspecified atom stereocenters. The van der Waals surface area contributed by atoms with Gasteiger partial charge in [-0.05, 0) is 96.4 Å². The lowest BCUT2D eigenvalue weighted by molar-refractivity contribution is -0.137. The molecule has 0 saturated carbocycles. The number of fused-ring (bicyclic) bond motifs is 1. The molecule has 0 saturated heterocycles. The first kappa shape index (κ1) is 51.1. The van der Waals surface area contributed by atoms with Crippen LogP contribution >= 0.6 is 0 Å². The number of likely N-dealkylation sites (N-methyl/N-ethyl adjacent to an activating group) is 1. The van der Waals surface area contributed by atoms with E-state index in [1.807, 2.05) is 51.1 Å². The van der Waals surface area contributed by atoms with Crippen molar-refractivity contribution < 1.29 is 41.9 Å². The minimum Gasteiger partial charge on any atom is -0.487 e. The van der Waals surface area contributed by atoms with Crippen molar-refractivity contribution in [3.8, 4) is 5.75 Å². The number of nitrogens with one attached hydrogen (secondary N) is 6. The average molecular weight is 886 g/mol. The first-order chi connectivity index (χ1) is 28.8. The molecule has 19 heteroatoms. The Balaban J connectivity index is 1.74. The number of benzene rings is 2. The second kappa shape index (κ2) is 21.7. The van der Waals surface area contributed by atoms with Gasteiger partial charge in [-0.15, -0.1) is 0 Å². The molecule has 3 rings (SSSR count). The molecule has 1 aliphatic rings. The second-order valence-corrected chi connectivity index (χ2v) is 19.1. The van der Waals surface area contributed by atoms with Gasteiger partial charge in [-0.25, -0.2) is 13.1 Å². The highest BCUT2D eigenvalue weighted by Crippen LogP contribution is 2.43. The van der Waals surface area contributed by atoms with Gasteiger partial charge in [-0.3, -0.25) is 29.0 Å². The van der Waals surface area contributed by atoms with Crippen LogP contribution in [0.1, 0.15) is 89.1 Å². The van der Waals surface area contributed by atoms with Crippen molar-refractivity contribution in [2.45, 2.75) is 135 Å². The number of carbonyl (C=O) groups is 5. The van der Waals surface area contributed by atoms with Crippen molar-refractivity contribution in [2.24, 2.45) is 22.4 Å². The molecule has 10 N–H and O–H groups in total. The molecule has 0 fully saturated rings. The van der Waals surface area contributed by atoms with Crippen LogP contribution in [0, 0.1) is 26.7 Å². The Bertz CT molecular complexity index is 2080. The molecule has 5 amide bonds. The molecule has 2 aromatic carbocycles. The molecule has 0 bridgehead atoms. The molecule has 0 spiro atoms. The fourth-order valence-corrected chi connectivity index (χ4v) is 8.48. The molecule has 0 aromatic heterocycles. The van der Waals surface area contributed by atoms with Crippen molar-refractivity contribution in [2.75, 3.05) is 26.7 Å². The van der Waals surface area contributed by atoms with Crippen LogP contribution in [0.5, 0.6) is 5.75 Å². The van der Waals surface area contributed by atoms with Gasteiger partial charge in [0.25, 0.3) is 10.0 Å². The van der Waals surface area contributed by atoms with E-state index in [1.54, 1.807) is 48.5 Å². The van der Waals surface area contributed by atoms with Gasteiger partial charge in [0.2, 0.25) is 35.5 Å². The third-order valence-electron chi connectivity index (χ3n) is 10.3. The van der Waals surface area contributed by atoms with Gasteiger partial charge in [0.05, 0.1) is 23.6 Å². The molecule has 344 valence electrons. The first-order valence-corrected chi connectivity index (χ1v) is 22.2. The third kappa shape index (κ3) is 14.4. The summed E-state index contributed by atoms with van der Waals surface area (Å²) in [5.74, 6) is -3.33. The van der Waals surface area contributed by atoms with Crippen molar-refractivity contribution in [1.82, 2.24) is 31.3 Å². The zero-order valence-corrected chi connectivity index (χ0v) is 38.7. The van der Waals surface area contributed by atoms with Gasteiger partial charge < -0.3 is 47.5 Å². The quantitative estimate of drug-likeness (QED) is 0.0529. The van der Waals surface area contributed by atoms with Gasteiger partial charge >= 0.3 is 0 Å². The van der Waals surface area contributed by atoms with Crippen LogP contribution in [-0.2, 0) is 51.6 Å². The summed E-state index contributed by atoms with van der Waals surface area (Å²) in [4.78, 5) is 70.9. The Labute approximate surface area is 365 Å². The Hall–Kier alpha value is -5.27. The number of nitrogens with two attached hydrogens (primary N) is 2. The average Bonchev–Trinajstić information content (AvgIpc) is 3.53. The highest BCUT2D eigenvalue weighted by Gasteiger charge is 2.37. The number of guanidine groups is 1.